The van der Waals surface area contributed by atoms with E-state index in [-0.39, 0.29) is 0 Å². The van der Waals surface area contributed by atoms with E-state index >= 15 is 0 Å². The summed E-state index contributed by atoms with van der Waals surface area (Å²) in [6, 6.07) is 3.88. The highest BCUT2D eigenvalue weighted by atomic mass is 32.2. The molecule has 54 valence electrons. The first-order valence-corrected chi connectivity index (χ1v) is 4.16. The van der Waals surface area contributed by atoms with E-state index in [1.165, 1.54) is 0 Å². The molecule has 0 fully saturated rings. The van der Waals surface area contributed by atoms with Gasteiger partial charge in [-0.3, -0.25) is 0 Å². The van der Waals surface area contributed by atoms with E-state index in [0.29, 0.717) is 5.82 Å². The SMILES string of the molecule is CCSc1cccnc1N. The van der Waals surface area contributed by atoms with Gasteiger partial charge in [0.1, 0.15) is 5.82 Å². The molecule has 1 heterocycles. The zero-order valence-electron chi connectivity index (χ0n) is 5.87. The molecule has 0 saturated carbocycles. The monoisotopic (exact) mass is 154 g/mol. The quantitative estimate of drug-likeness (QED) is 0.660. The Morgan fingerprint density at radius 1 is 1.70 bits per heavy atom. The second-order valence-corrected chi connectivity index (χ2v) is 3.13. The summed E-state index contributed by atoms with van der Waals surface area (Å²) in [5, 5.41) is 0. The van der Waals surface area contributed by atoms with Crippen LogP contribution in [0.3, 0.4) is 0 Å². The van der Waals surface area contributed by atoms with Crippen LogP contribution in [0.1, 0.15) is 6.92 Å². The fraction of sp³-hybridized carbons (Fsp3) is 0.286. The molecule has 0 unspecified atom stereocenters. The topological polar surface area (TPSA) is 38.9 Å². The van der Waals surface area contributed by atoms with Gasteiger partial charge < -0.3 is 5.73 Å². The second kappa shape index (κ2) is 3.46. The first kappa shape index (κ1) is 7.41. The molecule has 1 aromatic rings. The van der Waals surface area contributed by atoms with Crippen LogP contribution in [0.4, 0.5) is 5.82 Å². The molecule has 1 rings (SSSR count). The van der Waals surface area contributed by atoms with Gasteiger partial charge in [-0.25, -0.2) is 4.98 Å². The van der Waals surface area contributed by atoms with Crippen molar-refractivity contribution < 1.29 is 0 Å². The lowest BCUT2D eigenvalue weighted by atomic mass is 10.5. The lowest BCUT2D eigenvalue weighted by Crippen LogP contribution is -1.91. The third-order valence-corrected chi connectivity index (χ3v) is 2.04. The van der Waals surface area contributed by atoms with Crippen LogP contribution < -0.4 is 5.73 Å². The molecule has 0 aliphatic heterocycles. The Morgan fingerprint density at radius 3 is 3.10 bits per heavy atom. The Bertz CT molecular complexity index is 213. The average Bonchev–Trinajstić information content (AvgIpc) is 1.94. The fourth-order valence-corrected chi connectivity index (χ4v) is 1.37. The summed E-state index contributed by atoms with van der Waals surface area (Å²) in [6.45, 7) is 2.09. The van der Waals surface area contributed by atoms with Crippen molar-refractivity contribution in [3.8, 4) is 0 Å². The van der Waals surface area contributed by atoms with Gasteiger partial charge in [0.2, 0.25) is 0 Å². The van der Waals surface area contributed by atoms with Gasteiger partial charge in [0.15, 0.2) is 0 Å². The maximum Gasteiger partial charge on any atom is 0.137 e. The number of rotatable bonds is 2. The van der Waals surface area contributed by atoms with E-state index in [1.54, 1.807) is 18.0 Å². The fourth-order valence-electron chi connectivity index (χ4n) is 0.680. The van der Waals surface area contributed by atoms with Crippen LogP contribution in [0.2, 0.25) is 0 Å². The van der Waals surface area contributed by atoms with Gasteiger partial charge in [-0.1, -0.05) is 6.92 Å². The normalized spacial score (nSPS) is 9.70. The molecule has 0 spiro atoms. The van der Waals surface area contributed by atoms with Crippen molar-refractivity contribution in [3.05, 3.63) is 18.3 Å². The van der Waals surface area contributed by atoms with Crippen LogP contribution in [0.15, 0.2) is 23.2 Å². The zero-order chi connectivity index (χ0) is 7.40. The smallest absolute Gasteiger partial charge is 0.137 e. The molecule has 0 atom stereocenters. The summed E-state index contributed by atoms with van der Waals surface area (Å²) < 4.78 is 0. The molecular weight excluding hydrogens is 144 g/mol. The van der Waals surface area contributed by atoms with Crippen molar-refractivity contribution in [1.82, 2.24) is 4.98 Å². The summed E-state index contributed by atoms with van der Waals surface area (Å²) in [7, 11) is 0. The third kappa shape index (κ3) is 1.64. The van der Waals surface area contributed by atoms with E-state index in [0.717, 1.165) is 10.6 Å². The molecule has 10 heavy (non-hydrogen) atoms. The molecule has 0 radical (unpaired) electrons. The Morgan fingerprint density at radius 2 is 2.50 bits per heavy atom. The number of aromatic nitrogens is 1. The van der Waals surface area contributed by atoms with Crippen molar-refractivity contribution in [3.63, 3.8) is 0 Å². The van der Waals surface area contributed by atoms with E-state index < -0.39 is 0 Å². The Balaban J connectivity index is 2.81. The molecule has 0 aliphatic carbocycles. The van der Waals surface area contributed by atoms with Crippen molar-refractivity contribution in [2.24, 2.45) is 0 Å². The predicted octanol–water partition coefficient (Wildman–Crippen LogP) is 1.78. The van der Waals surface area contributed by atoms with Gasteiger partial charge in [-0.15, -0.1) is 11.8 Å². The maximum absolute atomic E-state index is 5.57. The highest BCUT2D eigenvalue weighted by molar-refractivity contribution is 7.99. The number of pyridine rings is 1. The number of nitrogens with two attached hydrogens (primary N) is 1. The van der Waals surface area contributed by atoms with Crippen LogP contribution in [0, 0.1) is 0 Å². The van der Waals surface area contributed by atoms with Gasteiger partial charge in [0.05, 0.1) is 0 Å². The van der Waals surface area contributed by atoms with E-state index in [2.05, 4.69) is 11.9 Å². The van der Waals surface area contributed by atoms with Gasteiger partial charge in [0.25, 0.3) is 0 Å². The highest BCUT2D eigenvalue weighted by Crippen LogP contribution is 2.21. The first-order valence-electron chi connectivity index (χ1n) is 3.18. The largest absolute Gasteiger partial charge is 0.383 e. The van der Waals surface area contributed by atoms with E-state index in [9.17, 15) is 0 Å². The number of thioether (sulfide) groups is 1. The number of nitrogen functional groups attached to an aromatic ring is 1. The molecule has 2 nitrogen and oxygen atoms in total. The molecule has 0 aromatic carbocycles. The van der Waals surface area contributed by atoms with Gasteiger partial charge >= 0.3 is 0 Å². The maximum atomic E-state index is 5.57. The van der Waals surface area contributed by atoms with E-state index in [4.69, 9.17) is 5.73 Å². The summed E-state index contributed by atoms with van der Waals surface area (Å²) in [5.41, 5.74) is 5.57. The molecule has 0 aliphatic rings. The Labute approximate surface area is 64.8 Å². The molecule has 0 bridgehead atoms. The predicted molar refractivity (Wildman–Crippen MR) is 45.0 cm³/mol. The van der Waals surface area contributed by atoms with Crippen molar-refractivity contribution in [2.75, 3.05) is 11.5 Å². The van der Waals surface area contributed by atoms with Crippen LogP contribution in [0.5, 0.6) is 0 Å². The molecule has 2 N–H and O–H groups in total. The lowest BCUT2D eigenvalue weighted by molar-refractivity contribution is 1.25. The molecule has 0 saturated heterocycles. The summed E-state index contributed by atoms with van der Waals surface area (Å²) in [6.07, 6.45) is 1.70. The number of hydrogen-bond donors (Lipinski definition) is 1. The minimum Gasteiger partial charge on any atom is -0.383 e. The second-order valence-electron chi connectivity index (χ2n) is 1.82. The minimum atomic E-state index is 0.634. The van der Waals surface area contributed by atoms with Gasteiger partial charge in [-0.2, -0.15) is 0 Å². The first-order chi connectivity index (χ1) is 4.84. The molecule has 0 amide bonds. The molecule has 3 heteroatoms. The Kier molecular flexibility index (Phi) is 2.57. The lowest BCUT2D eigenvalue weighted by Gasteiger charge is -1.99. The number of nitrogens with zero attached hydrogens (tertiary/aromatic N) is 1. The number of anilines is 1. The average molecular weight is 154 g/mol. The number of hydrogen-bond acceptors (Lipinski definition) is 3. The Hall–Kier alpha value is -0.700. The minimum absolute atomic E-state index is 0.634. The van der Waals surface area contributed by atoms with Crippen LogP contribution in [0.25, 0.3) is 0 Å². The summed E-state index contributed by atoms with van der Waals surface area (Å²) >= 11 is 1.71. The van der Waals surface area contributed by atoms with Crippen LogP contribution >= 0.6 is 11.8 Å². The van der Waals surface area contributed by atoms with Crippen molar-refractivity contribution in [2.45, 2.75) is 11.8 Å². The van der Waals surface area contributed by atoms with Crippen LogP contribution in [-0.2, 0) is 0 Å². The summed E-state index contributed by atoms with van der Waals surface area (Å²) in [5.74, 6) is 1.67. The standard InChI is InChI=1S/C7H10N2S/c1-2-10-6-4-3-5-9-7(6)8/h3-5H,2H2,1H3,(H2,8,9). The van der Waals surface area contributed by atoms with Crippen LogP contribution in [-0.4, -0.2) is 10.7 Å². The third-order valence-electron chi connectivity index (χ3n) is 1.10. The summed E-state index contributed by atoms with van der Waals surface area (Å²) in [4.78, 5) is 5.03. The van der Waals surface area contributed by atoms with Gasteiger partial charge in [-0.05, 0) is 17.9 Å². The van der Waals surface area contributed by atoms with E-state index in [1.807, 2.05) is 12.1 Å². The highest BCUT2D eigenvalue weighted by Gasteiger charge is 1.95. The van der Waals surface area contributed by atoms with Crippen molar-refractivity contribution in [1.29, 1.82) is 0 Å². The molecule has 1 aromatic heterocycles. The van der Waals surface area contributed by atoms with Crippen molar-refractivity contribution >= 4 is 17.6 Å². The molecular formula is C7H10N2S. The van der Waals surface area contributed by atoms with Gasteiger partial charge in [0, 0.05) is 11.1 Å². The zero-order valence-corrected chi connectivity index (χ0v) is 6.69.